The van der Waals surface area contributed by atoms with E-state index in [2.05, 4.69) is 15.2 Å². The number of carbonyl (C=O) groups excluding carboxylic acids is 1. The van der Waals surface area contributed by atoms with Crippen LogP contribution in [-0.2, 0) is 6.42 Å². The van der Waals surface area contributed by atoms with Crippen LogP contribution in [0.25, 0.3) is 0 Å². The Labute approximate surface area is 179 Å². The summed E-state index contributed by atoms with van der Waals surface area (Å²) >= 11 is 0. The highest BCUT2D eigenvalue weighted by Gasteiger charge is 2.33. The molecule has 5 rings (SSSR count). The average Bonchev–Trinajstić information content (AvgIpc) is 3.34. The predicted octanol–water partition coefficient (Wildman–Crippen LogP) is 3.49. The van der Waals surface area contributed by atoms with Gasteiger partial charge in [0.1, 0.15) is 17.4 Å². The largest absolute Gasteiger partial charge is 0.469 e. The zero-order valence-corrected chi connectivity index (χ0v) is 17.3. The quantitative estimate of drug-likeness (QED) is 0.691. The van der Waals surface area contributed by atoms with Gasteiger partial charge in [0.25, 0.3) is 0 Å². The van der Waals surface area contributed by atoms with Crippen molar-refractivity contribution in [3.63, 3.8) is 0 Å². The number of nitrogens with one attached hydrogen (secondary N) is 1. The molecule has 0 amide bonds. The summed E-state index contributed by atoms with van der Waals surface area (Å²) in [5, 5.41) is 3.07. The van der Waals surface area contributed by atoms with Crippen molar-refractivity contribution in [2.24, 2.45) is 0 Å². The van der Waals surface area contributed by atoms with Gasteiger partial charge in [-0.3, -0.25) is 4.79 Å². The maximum Gasteiger partial charge on any atom is 0.227 e. The van der Waals surface area contributed by atoms with E-state index in [4.69, 9.17) is 9.40 Å². The second-order valence-corrected chi connectivity index (χ2v) is 7.91. The molecule has 1 aromatic carbocycles. The predicted molar refractivity (Wildman–Crippen MR) is 117 cm³/mol. The van der Waals surface area contributed by atoms with E-state index in [1.807, 2.05) is 23.1 Å². The molecule has 1 N–H and O–H groups in total. The summed E-state index contributed by atoms with van der Waals surface area (Å²) in [6.45, 7) is 2.69. The first-order valence-corrected chi connectivity index (χ1v) is 10.5. The molecule has 1 unspecified atom stereocenters. The zero-order chi connectivity index (χ0) is 21.4. The van der Waals surface area contributed by atoms with Crippen LogP contribution < -0.4 is 15.1 Å². The van der Waals surface area contributed by atoms with Gasteiger partial charge in [-0.1, -0.05) is 12.1 Å². The molecule has 1 atom stereocenters. The number of para-hydroxylation sites is 1. The Kier molecular flexibility index (Phi) is 5.05. The Balaban J connectivity index is 1.39. The SMILES string of the molecule is CNc1nc(N2CCN(c3ccccc3F)CC2)nc2c1C(=O)CC(c1ccco1)C2. The molecule has 1 aliphatic heterocycles. The third-order valence-corrected chi connectivity index (χ3v) is 6.06. The molecule has 1 saturated heterocycles. The van der Waals surface area contributed by atoms with Crippen molar-refractivity contribution in [1.29, 1.82) is 0 Å². The van der Waals surface area contributed by atoms with E-state index < -0.39 is 0 Å². The number of hydrogen-bond acceptors (Lipinski definition) is 7. The lowest BCUT2D eigenvalue weighted by molar-refractivity contribution is 0.0959. The summed E-state index contributed by atoms with van der Waals surface area (Å²) in [7, 11) is 1.77. The van der Waals surface area contributed by atoms with E-state index in [1.54, 1.807) is 25.4 Å². The molecule has 3 aromatic rings. The van der Waals surface area contributed by atoms with Gasteiger partial charge in [0.05, 0.1) is 23.2 Å². The maximum atomic E-state index is 14.1. The summed E-state index contributed by atoms with van der Waals surface area (Å²) in [5.41, 5.74) is 1.96. The second kappa shape index (κ2) is 8.02. The normalized spacial score (nSPS) is 18.8. The Hall–Kier alpha value is -3.42. The smallest absolute Gasteiger partial charge is 0.227 e. The Morgan fingerprint density at radius 2 is 1.81 bits per heavy atom. The summed E-state index contributed by atoms with van der Waals surface area (Å²) < 4.78 is 19.7. The number of halogens is 1. The van der Waals surface area contributed by atoms with Crippen LogP contribution >= 0.6 is 0 Å². The van der Waals surface area contributed by atoms with Crippen molar-refractivity contribution >= 4 is 23.2 Å². The summed E-state index contributed by atoms with van der Waals surface area (Å²) in [6.07, 6.45) is 2.65. The van der Waals surface area contributed by atoms with Gasteiger partial charge in [-0.05, 0) is 24.3 Å². The van der Waals surface area contributed by atoms with Gasteiger partial charge in [-0.2, -0.15) is 4.98 Å². The van der Waals surface area contributed by atoms with E-state index in [9.17, 15) is 9.18 Å². The number of ketones is 1. The van der Waals surface area contributed by atoms with Crippen LogP contribution in [0.3, 0.4) is 0 Å². The van der Waals surface area contributed by atoms with Crippen molar-refractivity contribution in [2.45, 2.75) is 18.8 Å². The fourth-order valence-corrected chi connectivity index (χ4v) is 4.47. The number of benzene rings is 1. The molecule has 0 radical (unpaired) electrons. The number of carbonyl (C=O) groups is 1. The Bertz CT molecular complexity index is 1090. The first kappa shape index (κ1) is 19.5. The van der Waals surface area contributed by atoms with Gasteiger partial charge in [0.2, 0.25) is 5.95 Å². The van der Waals surface area contributed by atoms with Crippen LogP contribution in [0.4, 0.5) is 21.8 Å². The molecular formula is C23H24FN5O2. The molecular weight excluding hydrogens is 397 g/mol. The summed E-state index contributed by atoms with van der Waals surface area (Å²) in [6, 6.07) is 10.6. The maximum absolute atomic E-state index is 14.1. The number of nitrogens with zero attached hydrogens (tertiary/aromatic N) is 4. The van der Waals surface area contributed by atoms with Gasteiger partial charge in [0.15, 0.2) is 5.78 Å². The van der Waals surface area contributed by atoms with Gasteiger partial charge in [-0.25, -0.2) is 9.37 Å². The molecule has 0 saturated carbocycles. The van der Waals surface area contributed by atoms with E-state index in [1.165, 1.54) is 6.07 Å². The Morgan fingerprint density at radius 3 is 2.52 bits per heavy atom. The molecule has 1 fully saturated rings. The van der Waals surface area contributed by atoms with Crippen LogP contribution in [0.5, 0.6) is 0 Å². The summed E-state index contributed by atoms with van der Waals surface area (Å²) in [5.74, 6) is 1.79. The highest BCUT2D eigenvalue weighted by Crippen LogP contribution is 2.35. The van der Waals surface area contributed by atoms with Crippen LogP contribution in [0.15, 0.2) is 47.1 Å². The average molecular weight is 421 g/mol. The zero-order valence-electron chi connectivity index (χ0n) is 17.3. The summed E-state index contributed by atoms with van der Waals surface area (Å²) in [4.78, 5) is 26.5. The first-order valence-electron chi connectivity index (χ1n) is 10.5. The van der Waals surface area contributed by atoms with Crippen molar-refractivity contribution in [1.82, 2.24) is 9.97 Å². The first-order chi connectivity index (χ1) is 15.1. The number of Topliss-reactive ketones (excluding diaryl/α,β-unsaturated/α-hetero) is 1. The third kappa shape index (κ3) is 3.62. The molecule has 160 valence electrons. The minimum absolute atomic E-state index is 0.0136. The molecule has 0 bridgehead atoms. The number of aromatic nitrogens is 2. The molecule has 3 heterocycles. The van der Waals surface area contributed by atoms with E-state index >= 15 is 0 Å². The topological polar surface area (TPSA) is 74.5 Å². The molecule has 7 nitrogen and oxygen atoms in total. The van der Waals surface area contributed by atoms with E-state index in [0.717, 1.165) is 11.5 Å². The van der Waals surface area contributed by atoms with E-state index in [-0.39, 0.29) is 17.5 Å². The van der Waals surface area contributed by atoms with Crippen LogP contribution in [0.1, 0.15) is 34.2 Å². The minimum atomic E-state index is -0.207. The lowest BCUT2D eigenvalue weighted by Crippen LogP contribution is -2.47. The molecule has 0 spiro atoms. The standard InChI is InChI=1S/C23H24FN5O2/c1-25-22-21-17(13-15(14-19(21)30)20-7-4-12-31-20)26-23(27-22)29-10-8-28(9-11-29)18-6-3-2-5-16(18)24/h2-7,12,15H,8-11,13-14H2,1H3,(H,25,26,27). The molecule has 2 aliphatic rings. The third-order valence-electron chi connectivity index (χ3n) is 6.06. The lowest BCUT2D eigenvalue weighted by atomic mass is 9.84. The van der Waals surface area contributed by atoms with Gasteiger partial charge < -0.3 is 19.5 Å². The molecule has 2 aromatic heterocycles. The minimum Gasteiger partial charge on any atom is -0.469 e. The van der Waals surface area contributed by atoms with Gasteiger partial charge in [-0.15, -0.1) is 0 Å². The fourth-order valence-electron chi connectivity index (χ4n) is 4.47. The molecule has 31 heavy (non-hydrogen) atoms. The van der Waals surface area contributed by atoms with Crippen LogP contribution in [-0.4, -0.2) is 49.0 Å². The van der Waals surface area contributed by atoms with Crippen molar-refractivity contribution in [3.8, 4) is 0 Å². The van der Waals surface area contributed by atoms with Crippen LogP contribution in [0.2, 0.25) is 0 Å². The molecule has 1 aliphatic carbocycles. The van der Waals surface area contributed by atoms with Gasteiger partial charge >= 0.3 is 0 Å². The monoisotopic (exact) mass is 421 g/mol. The van der Waals surface area contributed by atoms with Gasteiger partial charge in [0, 0.05) is 52.0 Å². The van der Waals surface area contributed by atoms with E-state index in [0.29, 0.717) is 62.0 Å². The van der Waals surface area contributed by atoms with Crippen molar-refractivity contribution in [2.75, 3.05) is 48.3 Å². The molecule has 8 heteroatoms. The Morgan fingerprint density at radius 1 is 1.03 bits per heavy atom. The number of piperazine rings is 1. The lowest BCUT2D eigenvalue weighted by Gasteiger charge is -2.36. The number of fused-ring (bicyclic) bond motifs is 1. The number of rotatable bonds is 4. The number of furan rings is 1. The number of anilines is 3. The van der Waals surface area contributed by atoms with Crippen molar-refractivity contribution in [3.05, 3.63) is 65.5 Å². The fraction of sp³-hybridized carbons (Fsp3) is 0.348. The highest BCUT2D eigenvalue weighted by molar-refractivity contribution is 6.03. The second-order valence-electron chi connectivity index (χ2n) is 7.91. The van der Waals surface area contributed by atoms with Crippen LogP contribution in [0, 0.1) is 5.82 Å². The number of hydrogen-bond donors (Lipinski definition) is 1. The van der Waals surface area contributed by atoms with Crippen molar-refractivity contribution < 1.29 is 13.6 Å². The highest BCUT2D eigenvalue weighted by atomic mass is 19.1.